The first kappa shape index (κ1) is 11.7. The van der Waals surface area contributed by atoms with E-state index in [1.54, 1.807) is 0 Å². The first-order valence-corrected chi connectivity index (χ1v) is 4.91. The molecule has 0 fully saturated rings. The highest BCUT2D eigenvalue weighted by atomic mass is 16.6. The smallest absolute Gasteiger partial charge is 0.337 e. The van der Waals surface area contributed by atoms with Gasteiger partial charge in [0, 0.05) is 6.20 Å². The summed E-state index contributed by atoms with van der Waals surface area (Å²) in [7, 11) is 0. The van der Waals surface area contributed by atoms with Crippen molar-refractivity contribution in [3.05, 3.63) is 52.1 Å². The molecule has 0 aliphatic heterocycles. The van der Waals surface area contributed by atoms with Crippen molar-refractivity contribution in [1.29, 1.82) is 0 Å². The zero-order valence-electron chi connectivity index (χ0n) is 9.05. The third kappa shape index (κ3) is 2.48. The Hall–Kier alpha value is -2.77. The first-order chi connectivity index (χ1) is 8.56. The number of carboxylic acids is 1. The maximum absolute atomic E-state index is 10.6. The van der Waals surface area contributed by atoms with Gasteiger partial charge >= 0.3 is 11.7 Å². The number of hydrogen-bond acceptors (Lipinski definition) is 5. The molecule has 1 N–H and O–H groups in total. The van der Waals surface area contributed by atoms with Crippen molar-refractivity contribution < 1.29 is 14.8 Å². The number of aromatic nitrogens is 3. The molecule has 0 aromatic carbocycles. The van der Waals surface area contributed by atoms with Crippen LogP contribution in [0.3, 0.4) is 0 Å². The van der Waals surface area contributed by atoms with Crippen LogP contribution in [0.15, 0.2) is 30.7 Å². The molecule has 0 aliphatic carbocycles. The summed E-state index contributed by atoms with van der Waals surface area (Å²) >= 11 is 0. The maximum atomic E-state index is 10.6. The molecule has 0 atom stereocenters. The fraction of sp³-hybridized carbons (Fsp3) is 0.100. The molecule has 8 heteroatoms. The van der Waals surface area contributed by atoms with Gasteiger partial charge in [-0.1, -0.05) is 0 Å². The highest BCUT2D eigenvalue weighted by Crippen LogP contribution is 2.09. The average molecular weight is 248 g/mol. The summed E-state index contributed by atoms with van der Waals surface area (Å²) < 4.78 is 1.36. The van der Waals surface area contributed by atoms with Crippen LogP contribution in [0.5, 0.6) is 0 Å². The molecule has 2 rings (SSSR count). The molecule has 2 aromatic rings. The quantitative estimate of drug-likeness (QED) is 0.636. The van der Waals surface area contributed by atoms with Gasteiger partial charge in [-0.15, -0.1) is 0 Å². The topological polar surface area (TPSA) is 111 Å². The van der Waals surface area contributed by atoms with Crippen LogP contribution in [0.4, 0.5) is 5.69 Å². The summed E-state index contributed by atoms with van der Waals surface area (Å²) in [5, 5.41) is 23.0. The highest BCUT2D eigenvalue weighted by Gasteiger charge is 2.09. The lowest BCUT2D eigenvalue weighted by molar-refractivity contribution is -0.385. The third-order valence-corrected chi connectivity index (χ3v) is 2.23. The van der Waals surface area contributed by atoms with E-state index in [2.05, 4.69) is 10.1 Å². The van der Waals surface area contributed by atoms with Crippen LogP contribution in [-0.4, -0.2) is 30.8 Å². The molecule has 8 nitrogen and oxygen atoms in total. The second-order valence-electron chi connectivity index (χ2n) is 3.50. The van der Waals surface area contributed by atoms with Crippen molar-refractivity contribution in [3.63, 3.8) is 0 Å². The van der Waals surface area contributed by atoms with E-state index >= 15 is 0 Å². The Labute approximate surface area is 101 Å². The lowest BCUT2D eigenvalue weighted by Crippen LogP contribution is -2.04. The van der Waals surface area contributed by atoms with Gasteiger partial charge in [0.15, 0.2) is 0 Å². The van der Waals surface area contributed by atoms with E-state index in [9.17, 15) is 14.9 Å². The standard InChI is InChI=1S/C10H8N4O4/c15-10(16)7-1-2-8(11-3-7)5-13-6-9(4-12-13)14(17)18/h1-4,6H,5H2,(H,15,16). The summed E-state index contributed by atoms with van der Waals surface area (Å²) in [4.78, 5) is 24.5. The molecule has 0 spiro atoms. The average Bonchev–Trinajstić information content (AvgIpc) is 2.78. The lowest BCUT2D eigenvalue weighted by Gasteiger charge is -2.00. The fourth-order valence-corrected chi connectivity index (χ4v) is 1.34. The Balaban J connectivity index is 2.13. The van der Waals surface area contributed by atoms with Gasteiger partial charge in [0.25, 0.3) is 0 Å². The summed E-state index contributed by atoms with van der Waals surface area (Å²) in [5.74, 6) is -1.05. The van der Waals surface area contributed by atoms with Crippen LogP contribution >= 0.6 is 0 Å². The van der Waals surface area contributed by atoms with E-state index in [1.807, 2.05) is 0 Å². The van der Waals surface area contributed by atoms with Crippen molar-refractivity contribution in [1.82, 2.24) is 14.8 Å². The second kappa shape index (κ2) is 4.62. The highest BCUT2D eigenvalue weighted by molar-refractivity contribution is 5.87. The monoisotopic (exact) mass is 248 g/mol. The molecule has 2 aromatic heterocycles. The van der Waals surface area contributed by atoms with Crippen LogP contribution in [0.1, 0.15) is 16.1 Å². The largest absolute Gasteiger partial charge is 0.478 e. The Morgan fingerprint density at radius 1 is 1.44 bits per heavy atom. The number of hydrogen-bond donors (Lipinski definition) is 1. The molecule has 0 aliphatic rings. The third-order valence-electron chi connectivity index (χ3n) is 2.23. The van der Waals surface area contributed by atoms with Crippen molar-refractivity contribution in [2.45, 2.75) is 6.54 Å². The van der Waals surface area contributed by atoms with Crippen LogP contribution in [0.2, 0.25) is 0 Å². The van der Waals surface area contributed by atoms with Gasteiger partial charge < -0.3 is 5.11 Å². The normalized spacial score (nSPS) is 10.2. The van der Waals surface area contributed by atoms with Crippen molar-refractivity contribution in [2.24, 2.45) is 0 Å². The Morgan fingerprint density at radius 3 is 2.72 bits per heavy atom. The molecular weight excluding hydrogens is 240 g/mol. The van der Waals surface area contributed by atoms with Gasteiger partial charge in [-0.25, -0.2) is 4.79 Å². The molecule has 18 heavy (non-hydrogen) atoms. The van der Waals surface area contributed by atoms with E-state index in [1.165, 1.54) is 29.2 Å². The number of carbonyl (C=O) groups is 1. The van der Waals surface area contributed by atoms with Crippen molar-refractivity contribution >= 4 is 11.7 Å². The zero-order chi connectivity index (χ0) is 13.1. The predicted octanol–water partition coefficient (Wildman–Crippen LogP) is 0.933. The van der Waals surface area contributed by atoms with Gasteiger partial charge in [0.2, 0.25) is 0 Å². The number of rotatable bonds is 4. The van der Waals surface area contributed by atoms with E-state index in [-0.39, 0.29) is 17.8 Å². The van der Waals surface area contributed by atoms with E-state index in [4.69, 9.17) is 5.11 Å². The molecule has 0 saturated carbocycles. The van der Waals surface area contributed by atoms with Gasteiger partial charge in [0.05, 0.1) is 22.7 Å². The molecule has 92 valence electrons. The molecule has 0 amide bonds. The number of nitrogens with zero attached hydrogens (tertiary/aromatic N) is 4. The minimum atomic E-state index is -1.05. The Kier molecular flexibility index (Phi) is 3.00. The minimum Gasteiger partial charge on any atom is -0.478 e. The van der Waals surface area contributed by atoms with Crippen LogP contribution in [-0.2, 0) is 6.54 Å². The van der Waals surface area contributed by atoms with Gasteiger partial charge in [0.1, 0.15) is 12.4 Å². The number of pyridine rings is 1. The zero-order valence-corrected chi connectivity index (χ0v) is 9.05. The number of carboxylic acid groups (broad SMARTS) is 1. The van der Waals surface area contributed by atoms with E-state index < -0.39 is 10.9 Å². The number of nitro groups is 1. The van der Waals surface area contributed by atoms with E-state index in [0.29, 0.717) is 5.69 Å². The van der Waals surface area contributed by atoms with Gasteiger partial charge in [-0.3, -0.25) is 19.8 Å². The summed E-state index contributed by atoms with van der Waals surface area (Å²) in [6, 6.07) is 2.96. The minimum absolute atomic E-state index is 0.0881. The second-order valence-corrected chi connectivity index (χ2v) is 3.50. The SMILES string of the molecule is O=C(O)c1ccc(Cn2cc([N+](=O)[O-])cn2)nc1. The summed E-state index contributed by atoms with van der Waals surface area (Å²) in [6.45, 7) is 0.244. The lowest BCUT2D eigenvalue weighted by atomic mass is 10.2. The molecule has 0 unspecified atom stereocenters. The number of aromatic carboxylic acids is 1. The van der Waals surface area contributed by atoms with E-state index in [0.717, 1.165) is 6.20 Å². The molecular formula is C10H8N4O4. The molecule has 0 bridgehead atoms. The van der Waals surface area contributed by atoms with Crippen molar-refractivity contribution in [3.8, 4) is 0 Å². The molecule has 0 saturated heterocycles. The Bertz CT molecular complexity index is 590. The van der Waals surface area contributed by atoms with Gasteiger partial charge in [-0.2, -0.15) is 5.10 Å². The molecule has 2 heterocycles. The van der Waals surface area contributed by atoms with Crippen LogP contribution < -0.4 is 0 Å². The Morgan fingerprint density at radius 2 is 2.22 bits per heavy atom. The van der Waals surface area contributed by atoms with Crippen molar-refractivity contribution in [2.75, 3.05) is 0 Å². The molecule has 0 radical (unpaired) electrons. The van der Waals surface area contributed by atoms with Gasteiger partial charge in [-0.05, 0) is 12.1 Å². The fourth-order valence-electron chi connectivity index (χ4n) is 1.34. The first-order valence-electron chi connectivity index (χ1n) is 4.91. The van der Waals surface area contributed by atoms with Crippen LogP contribution in [0.25, 0.3) is 0 Å². The summed E-state index contributed by atoms with van der Waals surface area (Å²) in [5.41, 5.74) is 0.556. The predicted molar refractivity (Wildman–Crippen MR) is 59.2 cm³/mol. The maximum Gasteiger partial charge on any atom is 0.337 e. The van der Waals surface area contributed by atoms with Crippen LogP contribution in [0, 0.1) is 10.1 Å². The summed E-state index contributed by atoms with van der Waals surface area (Å²) in [6.07, 6.45) is 3.66.